The maximum Gasteiger partial charge on any atom is 0.390 e. The first kappa shape index (κ1) is 25.3. The van der Waals surface area contributed by atoms with E-state index < -0.39 is 74.2 Å². The van der Waals surface area contributed by atoms with Crippen LogP contribution in [0, 0.1) is 17.5 Å². The summed E-state index contributed by atoms with van der Waals surface area (Å²) in [6, 6.07) is 0.910. The second kappa shape index (κ2) is 8.77. The van der Waals surface area contributed by atoms with Crippen LogP contribution in [0.2, 0.25) is 0 Å². The van der Waals surface area contributed by atoms with E-state index in [1.165, 1.54) is 10.9 Å². The zero-order chi connectivity index (χ0) is 25.6. The highest BCUT2D eigenvalue weighted by Gasteiger charge is 2.31. The summed E-state index contributed by atoms with van der Waals surface area (Å²) in [4.78, 5) is 20.8. The summed E-state index contributed by atoms with van der Waals surface area (Å²) >= 11 is 0. The lowest BCUT2D eigenvalue weighted by Gasteiger charge is -2.17. The number of rotatable bonds is 6. The fourth-order valence-corrected chi connectivity index (χ4v) is 4.25. The van der Waals surface area contributed by atoms with Crippen molar-refractivity contribution in [1.29, 1.82) is 0 Å². The minimum absolute atomic E-state index is 0.0895. The normalized spacial score (nSPS) is 12.5. The van der Waals surface area contributed by atoms with Gasteiger partial charge < -0.3 is 5.73 Å². The number of nitrogens with zero attached hydrogens (tertiary/aromatic N) is 3. The molecule has 8 nitrogen and oxygen atoms in total. The van der Waals surface area contributed by atoms with Crippen molar-refractivity contribution in [3.63, 3.8) is 0 Å². The Hall–Kier alpha value is -3.36. The van der Waals surface area contributed by atoms with E-state index in [-0.39, 0.29) is 17.0 Å². The Morgan fingerprint density at radius 1 is 1.12 bits per heavy atom. The molecule has 0 unspecified atom stereocenters. The van der Waals surface area contributed by atoms with Gasteiger partial charge in [0.25, 0.3) is 5.56 Å². The highest BCUT2D eigenvalue weighted by Crippen LogP contribution is 2.32. The molecule has 2 aromatic heterocycles. The third-order valence-electron chi connectivity index (χ3n) is 4.67. The fourth-order valence-electron chi connectivity index (χ4n) is 3.15. The molecule has 1 aromatic carbocycles. The van der Waals surface area contributed by atoms with Crippen molar-refractivity contribution >= 4 is 32.7 Å². The van der Waals surface area contributed by atoms with Gasteiger partial charge in [-0.2, -0.15) is 18.2 Å². The smallest absolute Gasteiger partial charge is 0.368 e. The van der Waals surface area contributed by atoms with Gasteiger partial charge in [-0.3, -0.25) is 14.1 Å². The lowest BCUT2D eigenvalue weighted by atomic mass is 10.0. The van der Waals surface area contributed by atoms with E-state index in [9.17, 15) is 39.6 Å². The van der Waals surface area contributed by atoms with Gasteiger partial charge in [0.15, 0.2) is 17.5 Å². The molecule has 0 atom stereocenters. The fraction of sp³-hybridized carbons (Fsp3) is 0.316. The van der Waals surface area contributed by atoms with Crippen molar-refractivity contribution in [3.8, 4) is 11.1 Å². The molecule has 0 spiro atoms. The number of halogens is 6. The molecule has 0 radical (unpaired) electrons. The molecular formula is C19H17F6N5O3S. The molecule has 15 heteroatoms. The summed E-state index contributed by atoms with van der Waals surface area (Å²) in [6.45, 7) is 3.19. The number of nitrogens with two attached hydrogens (primary N) is 1. The van der Waals surface area contributed by atoms with E-state index in [1.807, 2.05) is 0 Å². The third-order valence-corrected chi connectivity index (χ3v) is 5.93. The quantitative estimate of drug-likeness (QED) is 0.386. The van der Waals surface area contributed by atoms with Crippen LogP contribution in [0.5, 0.6) is 0 Å². The maximum absolute atomic E-state index is 14.9. The van der Waals surface area contributed by atoms with Crippen LogP contribution >= 0.6 is 0 Å². The molecule has 0 amide bonds. The van der Waals surface area contributed by atoms with Crippen LogP contribution in [-0.2, 0) is 10.0 Å². The lowest BCUT2D eigenvalue weighted by Crippen LogP contribution is -2.26. The predicted octanol–water partition coefficient (Wildman–Crippen LogP) is 3.73. The number of pyridine rings is 1. The van der Waals surface area contributed by atoms with Crippen LogP contribution in [0.4, 0.5) is 38.0 Å². The van der Waals surface area contributed by atoms with E-state index in [4.69, 9.17) is 5.73 Å². The molecule has 184 valence electrons. The van der Waals surface area contributed by atoms with Gasteiger partial charge in [0.2, 0.25) is 16.0 Å². The van der Waals surface area contributed by atoms with Crippen molar-refractivity contribution in [2.45, 2.75) is 32.5 Å². The molecule has 0 saturated heterocycles. The minimum Gasteiger partial charge on any atom is -0.368 e. The molecule has 0 aliphatic heterocycles. The Balaban J connectivity index is 2.16. The van der Waals surface area contributed by atoms with E-state index >= 15 is 0 Å². The summed E-state index contributed by atoms with van der Waals surface area (Å²) in [7, 11) is -4.88. The van der Waals surface area contributed by atoms with Crippen molar-refractivity contribution in [2.24, 2.45) is 0 Å². The molecule has 3 N–H and O–H groups in total. The molecule has 0 fully saturated rings. The first-order valence-corrected chi connectivity index (χ1v) is 11.2. The van der Waals surface area contributed by atoms with Gasteiger partial charge in [0.05, 0.1) is 17.7 Å². The largest absolute Gasteiger partial charge is 0.390 e. The average Bonchev–Trinajstić information content (AvgIpc) is 2.71. The number of nitrogen functional groups attached to an aromatic ring is 1. The summed E-state index contributed by atoms with van der Waals surface area (Å²) in [6.07, 6.45) is -5.42. The number of sulfonamides is 1. The van der Waals surface area contributed by atoms with Crippen LogP contribution in [0.15, 0.2) is 23.1 Å². The van der Waals surface area contributed by atoms with Gasteiger partial charge in [0, 0.05) is 23.2 Å². The monoisotopic (exact) mass is 509 g/mol. The Kier molecular flexibility index (Phi) is 6.52. The number of hydrogen-bond acceptors (Lipinski definition) is 6. The number of nitrogens with one attached hydrogen (secondary N) is 1. The number of alkyl halides is 3. The van der Waals surface area contributed by atoms with Gasteiger partial charge in [0.1, 0.15) is 11.3 Å². The highest BCUT2D eigenvalue weighted by atomic mass is 32.2. The first-order valence-electron chi connectivity index (χ1n) is 9.54. The maximum atomic E-state index is 14.9. The third kappa shape index (κ3) is 5.08. The summed E-state index contributed by atoms with van der Waals surface area (Å²) in [5.74, 6) is -7.16. The minimum atomic E-state index is -4.88. The Morgan fingerprint density at radius 3 is 2.35 bits per heavy atom. The van der Waals surface area contributed by atoms with E-state index in [1.54, 1.807) is 13.8 Å². The van der Waals surface area contributed by atoms with Gasteiger partial charge >= 0.3 is 6.18 Å². The molecule has 0 bridgehead atoms. The standard InChI is InChI=1S/C19H17F6N5O3S/c1-8(2)30-16-9(7-27-18(26)28-16)5-11(17(30)31)10-6-12(20)15(14(22)13(10)21)29-34(32,33)4-3-19(23,24)25/h5-8,29H,3-4H2,1-2H3,(H2,26,27,28). The summed E-state index contributed by atoms with van der Waals surface area (Å²) in [5.41, 5.74) is 1.92. The second-order valence-electron chi connectivity index (χ2n) is 7.53. The molecule has 0 aliphatic rings. The van der Waals surface area contributed by atoms with Crippen LogP contribution < -0.4 is 16.0 Å². The molecule has 0 aliphatic carbocycles. The van der Waals surface area contributed by atoms with Crippen molar-refractivity contribution < 1.29 is 34.8 Å². The zero-order valence-corrected chi connectivity index (χ0v) is 18.4. The van der Waals surface area contributed by atoms with Gasteiger partial charge in [-0.1, -0.05) is 0 Å². The van der Waals surface area contributed by atoms with Gasteiger partial charge in [-0.15, -0.1) is 0 Å². The first-order chi connectivity index (χ1) is 15.6. The molecule has 3 aromatic rings. The molecular weight excluding hydrogens is 492 g/mol. The van der Waals surface area contributed by atoms with Crippen molar-refractivity contribution in [2.75, 3.05) is 16.2 Å². The SMILES string of the molecule is CC(C)n1c(=O)c(-c2cc(F)c(NS(=O)(=O)CCC(F)(F)F)c(F)c2F)cc2cnc(N)nc21. The number of hydrogen-bond donors (Lipinski definition) is 2. The van der Waals surface area contributed by atoms with E-state index in [0.29, 0.717) is 6.07 Å². The summed E-state index contributed by atoms with van der Waals surface area (Å²) < 4.78 is 107. The number of benzene rings is 1. The number of fused-ring (bicyclic) bond motifs is 1. The molecule has 34 heavy (non-hydrogen) atoms. The highest BCUT2D eigenvalue weighted by molar-refractivity contribution is 7.92. The lowest BCUT2D eigenvalue weighted by molar-refractivity contribution is -0.129. The van der Waals surface area contributed by atoms with Crippen molar-refractivity contribution in [1.82, 2.24) is 14.5 Å². The van der Waals surface area contributed by atoms with E-state index in [0.717, 1.165) is 10.6 Å². The second-order valence-corrected chi connectivity index (χ2v) is 9.37. The van der Waals surface area contributed by atoms with Gasteiger partial charge in [-0.25, -0.2) is 26.6 Å². The Labute approximate surface area is 188 Å². The van der Waals surface area contributed by atoms with Crippen LogP contribution in [0.25, 0.3) is 22.2 Å². The topological polar surface area (TPSA) is 120 Å². The van der Waals surface area contributed by atoms with Gasteiger partial charge in [-0.05, 0) is 26.0 Å². The predicted molar refractivity (Wildman–Crippen MR) is 112 cm³/mol. The zero-order valence-electron chi connectivity index (χ0n) is 17.5. The van der Waals surface area contributed by atoms with Crippen LogP contribution in [-0.4, -0.2) is 34.9 Å². The Morgan fingerprint density at radius 2 is 1.76 bits per heavy atom. The molecule has 2 heterocycles. The van der Waals surface area contributed by atoms with Crippen molar-refractivity contribution in [3.05, 3.63) is 46.1 Å². The molecule has 3 rings (SSSR count). The van der Waals surface area contributed by atoms with E-state index in [2.05, 4.69) is 9.97 Å². The Bertz CT molecular complexity index is 1440. The van der Waals surface area contributed by atoms with Crippen LogP contribution in [0.1, 0.15) is 26.3 Å². The number of anilines is 2. The van der Waals surface area contributed by atoms with Crippen LogP contribution in [0.3, 0.4) is 0 Å². The average molecular weight is 509 g/mol. The summed E-state index contributed by atoms with van der Waals surface area (Å²) in [5, 5.41) is 0.189. The number of aromatic nitrogens is 3. The molecule has 0 saturated carbocycles.